The first kappa shape index (κ1) is 11.4. The molecule has 56 valence electrons. The molecular weight excluding hydrogens is 120 g/mol. The summed E-state index contributed by atoms with van der Waals surface area (Å²) in [4.78, 5) is 8.00. The minimum Gasteiger partial charge on any atom is -0.390 e. The summed E-state index contributed by atoms with van der Waals surface area (Å²) < 4.78 is 0. The lowest BCUT2D eigenvalue weighted by molar-refractivity contribution is -0.0979. The summed E-state index contributed by atoms with van der Waals surface area (Å²) in [6, 6.07) is -0.204. The smallest absolute Gasteiger partial charge is 0.106 e. The maximum absolute atomic E-state index is 8.69. The third-order valence-electron chi connectivity index (χ3n) is 0.848. The topological polar surface area (TPSA) is 89.3 Å². The van der Waals surface area contributed by atoms with Crippen molar-refractivity contribution in [1.82, 2.24) is 0 Å². The van der Waals surface area contributed by atoms with E-state index in [0.29, 0.717) is 0 Å². The molecule has 0 fully saturated rings. The summed E-state index contributed by atoms with van der Waals surface area (Å²) in [5, 5.41) is 8.69. The Morgan fingerprint density at radius 3 is 2.00 bits per heavy atom. The average molecular weight is 134 g/mol. The van der Waals surface area contributed by atoms with Crippen molar-refractivity contribution in [3.8, 4) is 0 Å². The van der Waals surface area contributed by atoms with E-state index in [2.05, 4.69) is 0 Å². The van der Waals surface area contributed by atoms with Gasteiger partial charge in [0.25, 0.3) is 0 Å². The highest BCUT2D eigenvalue weighted by molar-refractivity contribution is 5.10. The van der Waals surface area contributed by atoms with Gasteiger partial charge in [0.15, 0.2) is 0 Å². The normalized spacial score (nSPS) is 15.1. The molecule has 0 aromatic rings. The summed E-state index contributed by atoms with van der Waals surface area (Å²) in [6.45, 7) is 3.97. The monoisotopic (exact) mass is 134 g/mol. The molecule has 0 heterocycles. The van der Waals surface area contributed by atoms with Crippen LogP contribution in [0.5, 0.6) is 0 Å². The number of hydrogen-bond acceptors (Lipinski definition) is 4. The second-order valence-electron chi connectivity index (χ2n) is 1.66. The van der Waals surface area contributed by atoms with Crippen LogP contribution < -0.4 is 11.5 Å². The van der Waals surface area contributed by atoms with Crippen molar-refractivity contribution in [2.75, 3.05) is 6.54 Å². The van der Waals surface area contributed by atoms with Crippen molar-refractivity contribution in [3.05, 3.63) is 0 Å². The van der Waals surface area contributed by atoms with Gasteiger partial charge >= 0.3 is 0 Å². The van der Waals surface area contributed by atoms with Crippen molar-refractivity contribution in [2.45, 2.75) is 19.1 Å². The van der Waals surface area contributed by atoms with Crippen molar-refractivity contribution in [2.24, 2.45) is 11.5 Å². The third-order valence-corrected chi connectivity index (χ3v) is 0.848. The first-order valence-electron chi connectivity index (χ1n) is 2.61. The van der Waals surface area contributed by atoms with Gasteiger partial charge in [0.05, 0.1) is 6.10 Å². The summed E-state index contributed by atoms with van der Waals surface area (Å²) in [5.41, 5.74) is 10.3. The summed E-state index contributed by atoms with van der Waals surface area (Å²) >= 11 is 0. The lowest BCUT2D eigenvalue weighted by atomic mass is 10.2. The Bertz CT molecular complexity index is 58.9. The number of aliphatic hydroxyl groups is 1. The number of carbonyl (C=O) groups excluding carboxylic acids is 1. The largest absolute Gasteiger partial charge is 0.390 e. The zero-order chi connectivity index (χ0) is 7.86. The maximum Gasteiger partial charge on any atom is 0.106 e. The van der Waals surface area contributed by atoms with E-state index in [-0.39, 0.29) is 12.6 Å². The first-order valence-corrected chi connectivity index (χ1v) is 2.61. The number of hydrogen-bond donors (Lipinski definition) is 3. The van der Waals surface area contributed by atoms with E-state index in [4.69, 9.17) is 21.4 Å². The van der Waals surface area contributed by atoms with E-state index in [1.807, 2.05) is 6.79 Å². The van der Waals surface area contributed by atoms with Crippen LogP contribution >= 0.6 is 0 Å². The van der Waals surface area contributed by atoms with Crippen molar-refractivity contribution < 1.29 is 9.90 Å². The molecule has 2 unspecified atom stereocenters. The van der Waals surface area contributed by atoms with Crippen molar-refractivity contribution >= 4 is 6.79 Å². The van der Waals surface area contributed by atoms with Crippen LogP contribution in [0.3, 0.4) is 0 Å². The minimum absolute atomic E-state index is 0.204. The second kappa shape index (κ2) is 7.55. The van der Waals surface area contributed by atoms with Crippen LogP contribution in [0.4, 0.5) is 0 Å². The number of rotatable bonds is 2. The van der Waals surface area contributed by atoms with Crippen LogP contribution in [-0.4, -0.2) is 30.6 Å². The van der Waals surface area contributed by atoms with E-state index >= 15 is 0 Å². The van der Waals surface area contributed by atoms with E-state index < -0.39 is 6.10 Å². The van der Waals surface area contributed by atoms with Crippen LogP contribution in [0.25, 0.3) is 0 Å². The van der Waals surface area contributed by atoms with E-state index in [1.165, 1.54) is 0 Å². The zero-order valence-electron chi connectivity index (χ0n) is 5.58. The number of aliphatic hydroxyl groups excluding tert-OH is 1. The van der Waals surface area contributed by atoms with Gasteiger partial charge in [-0.2, -0.15) is 0 Å². The highest BCUT2D eigenvalue weighted by Crippen LogP contribution is 1.81. The molecule has 0 aliphatic heterocycles. The molecule has 0 aromatic heterocycles. The molecule has 0 saturated heterocycles. The first-order chi connectivity index (χ1) is 4.18. The molecule has 0 aromatic carbocycles. The van der Waals surface area contributed by atoms with E-state index in [0.717, 1.165) is 0 Å². The van der Waals surface area contributed by atoms with Gasteiger partial charge in [-0.15, -0.1) is 0 Å². The molecular formula is C5H14N2O2. The average Bonchev–Trinajstić information content (AvgIpc) is 1.91. The minimum atomic E-state index is -0.542. The van der Waals surface area contributed by atoms with Crippen LogP contribution in [-0.2, 0) is 4.79 Å². The zero-order valence-corrected chi connectivity index (χ0v) is 5.58. The molecule has 9 heavy (non-hydrogen) atoms. The van der Waals surface area contributed by atoms with Crippen LogP contribution in [0, 0.1) is 0 Å². The van der Waals surface area contributed by atoms with E-state index in [1.54, 1.807) is 6.92 Å². The van der Waals surface area contributed by atoms with Crippen LogP contribution in [0.15, 0.2) is 0 Å². The SMILES string of the molecule is C=O.CC(N)C(O)CN. The fourth-order valence-corrected chi connectivity index (χ4v) is 0.215. The Morgan fingerprint density at radius 2 is 2.00 bits per heavy atom. The van der Waals surface area contributed by atoms with Crippen LogP contribution in [0.1, 0.15) is 6.92 Å². The molecule has 4 heteroatoms. The predicted octanol–water partition coefficient (Wildman–Crippen LogP) is -1.53. The van der Waals surface area contributed by atoms with Crippen molar-refractivity contribution in [1.29, 1.82) is 0 Å². The molecule has 0 aliphatic carbocycles. The Kier molecular flexibility index (Phi) is 9.53. The fourth-order valence-electron chi connectivity index (χ4n) is 0.215. The number of nitrogens with two attached hydrogens (primary N) is 2. The number of carbonyl (C=O) groups is 1. The summed E-state index contributed by atoms with van der Waals surface area (Å²) in [5.74, 6) is 0. The maximum atomic E-state index is 8.69. The Balaban J connectivity index is 0. The Hall–Kier alpha value is -0.450. The van der Waals surface area contributed by atoms with Gasteiger partial charge < -0.3 is 21.4 Å². The third kappa shape index (κ3) is 7.55. The summed E-state index contributed by atoms with van der Waals surface area (Å²) in [6.07, 6.45) is -0.542. The van der Waals surface area contributed by atoms with Crippen LogP contribution in [0.2, 0.25) is 0 Å². The summed E-state index contributed by atoms with van der Waals surface area (Å²) in [7, 11) is 0. The molecule has 0 spiro atoms. The highest BCUT2D eigenvalue weighted by Gasteiger charge is 2.04. The molecule has 4 nitrogen and oxygen atoms in total. The molecule has 0 rings (SSSR count). The Morgan fingerprint density at radius 1 is 1.67 bits per heavy atom. The molecule has 0 saturated carbocycles. The van der Waals surface area contributed by atoms with Gasteiger partial charge in [0.1, 0.15) is 6.79 Å². The van der Waals surface area contributed by atoms with Gasteiger partial charge in [0.2, 0.25) is 0 Å². The quantitative estimate of drug-likeness (QED) is 0.427. The Labute approximate surface area is 54.8 Å². The predicted molar refractivity (Wildman–Crippen MR) is 35.8 cm³/mol. The van der Waals surface area contributed by atoms with Gasteiger partial charge in [-0.05, 0) is 6.92 Å². The molecule has 5 N–H and O–H groups in total. The second-order valence-corrected chi connectivity index (χ2v) is 1.66. The van der Waals surface area contributed by atoms with Gasteiger partial charge in [-0.1, -0.05) is 0 Å². The van der Waals surface area contributed by atoms with Gasteiger partial charge in [-0.3, -0.25) is 0 Å². The van der Waals surface area contributed by atoms with Crippen molar-refractivity contribution in [3.63, 3.8) is 0 Å². The highest BCUT2D eigenvalue weighted by atomic mass is 16.3. The molecule has 2 atom stereocenters. The molecule has 0 bridgehead atoms. The van der Waals surface area contributed by atoms with E-state index in [9.17, 15) is 0 Å². The standard InChI is InChI=1S/C4H12N2O.CH2O/c1-3(6)4(7)2-5;1-2/h3-4,7H,2,5-6H2,1H3;1H2. The molecule has 0 aliphatic rings. The lowest BCUT2D eigenvalue weighted by Gasteiger charge is -2.09. The fraction of sp³-hybridized carbons (Fsp3) is 0.800. The van der Waals surface area contributed by atoms with Gasteiger partial charge in [0, 0.05) is 12.6 Å². The molecule has 0 radical (unpaired) electrons. The van der Waals surface area contributed by atoms with Gasteiger partial charge in [-0.25, -0.2) is 0 Å². The molecule has 0 amide bonds. The lowest BCUT2D eigenvalue weighted by Crippen LogP contribution is -2.37.